The van der Waals surface area contributed by atoms with Crippen molar-refractivity contribution in [3.05, 3.63) is 77.0 Å². The molecule has 3 aromatic rings. The minimum atomic E-state index is -0.477. The molecule has 0 spiro atoms. The Hall–Kier alpha value is -4.16. The van der Waals surface area contributed by atoms with Gasteiger partial charge < -0.3 is 5.32 Å². The SMILES string of the molecule is Cc1cccc(NC(=O)/C(C#N)=C/c2cn(CCC#N)nc2-c2ccccc2)c1C. The number of hydrogen-bond donors (Lipinski definition) is 1. The summed E-state index contributed by atoms with van der Waals surface area (Å²) in [5.41, 5.74) is 4.83. The van der Waals surface area contributed by atoms with Crippen LogP contribution in [0.5, 0.6) is 0 Å². The van der Waals surface area contributed by atoms with Crippen LogP contribution < -0.4 is 5.32 Å². The smallest absolute Gasteiger partial charge is 0.266 e. The third-order valence-corrected chi connectivity index (χ3v) is 4.81. The molecule has 0 aliphatic rings. The number of carbonyl (C=O) groups excluding carboxylic acids is 1. The third kappa shape index (κ3) is 4.63. The molecule has 6 nitrogen and oxygen atoms in total. The van der Waals surface area contributed by atoms with Gasteiger partial charge in [0.25, 0.3) is 5.91 Å². The van der Waals surface area contributed by atoms with Gasteiger partial charge in [-0.1, -0.05) is 42.5 Å². The van der Waals surface area contributed by atoms with Crippen molar-refractivity contribution in [1.82, 2.24) is 9.78 Å². The maximum atomic E-state index is 12.8. The average Bonchev–Trinajstić information content (AvgIpc) is 3.17. The Morgan fingerprint density at radius 3 is 2.60 bits per heavy atom. The zero-order chi connectivity index (χ0) is 21.5. The number of rotatable bonds is 6. The summed E-state index contributed by atoms with van der Waals surface area (Å²) in [5.74, 6) is -0.477. The van der Waals surface area contributed by atoms with Gasteiger partial charge in [-0.15, -0.1) is 0 Å². The van der Waals surface area contributed by atoms with E-state index < -0.39 is 5.91 Å². The highest BCUT2D eigenvalue weighted by Crippen LogP contribution is 2.25. The van der Waals surface area contributed by atoms with Crippen LogP contribution in [0.25, 0.3) is 17.3 Å². The minimum absolute atomic E-state index is 0.0204. The lowest BCUT2D eigenvalue weighted by atomic mass is 10.1. The monoisotopic (exact) mass is 395 g/mol. The molecule has 0 atom stereocenters. The highest BCUT2D eigenvalue weighted by molar-refractivity contribution is 6.10. The van der Waals surface area contributed by atoms with Crippen LogP contribution in [0.4, 0.5) is 5.69 Å². The number of nitrogens with one attached hydrogen (secondary N) is 1. The van der Waals surface area contributed by atoms with Gasteiger partial charge in [-0.05, 0) is 37.1 Å². The number of nitriles is 2. The first kappa shape index (κ1) is 20.6. The number of aryl methyl sites for hydroxylation is 2. The Bertz CT molecular complexity index is 1180. The minimum Gasteiger partial charge on any atom is -0.321 e. The lowest BCUT2D eigenvalue weighted by molar-refractivity contribution is -0.112. The molecule has 1 N–H and O–H groups in total. The van der Waals surface area contributed by atoms with E-state index in [1.165, 1.54) is 0 Å². The van der Waals surface area contributed by atoms with Crippen LogP contribution in [0.1, 0.15) is 23.1 Å². The molecular formula is C24H21N5O. The van der Waals surface area contributed by atoms with E-state index >= 15 is 0 Å². The van der Waals surface area contributed by atoms with Gasteiger partial charge in [0.05, 0.1) is 24.7 Å². The molecule has 0 radical (unpaired) electrons. The van der Waals surface area contributed by atoms with Crippen LogP contribution in [0.3, 0.4) is 0 Å². The van der Waals surface area contributed by atoms with E-state index in [0.29, 0.717) is 29.9 Å². The van der Waals surface area contributed by atoms with Crippen molar-refractivity contribution in [1.29, 1.82) is 10.5 Å². The van der Waals surface area contributed by atoms with E-state index in [4.69, 9.17) is 5.26 Å². The maximum Gasteiger partial charge on any atom is 0.266 e. The predicted octanol–water partition coefficient (Wildman–Crippen LogP) is 4.63. The molecule has 1 aromatic heterocycles. The molecule has 0 aliphatic carbocycles. The van der Waals surface area contributed by atoms with Crippen LogP contribution in [-0.2, 0) is 11.3 Å². The van der Waals surface area contributed by atoms with Crippen molar-refractivity contribution < 1.29 is 4.79 Å². The summed E-state index contributed by atoms with van der Waals surface area (Å²) in [6.45, 7) is 4.32. The molecule has 6 heteroatoms. The number of carbonyl (C=O) groups is 1. The summed E-state index contributed by atoms with van der Waals surface area (Å²) >= 11 is 0. The van der Waals surface area contributed by atoms with Gasteiger partial charge in [-0.25, -0.2) is 0 Å². The Balaban J connectivity index is 1.97. The van der Waals surface area contributed by atoms with Crippen LogP contribution in [0.2, 0.25) is 0 Å². The molecule has 3 rings (SSSR count). The summed E-state index contributed by atoms with van der Waals surface area (Å²) in [6.07, 6.45) is 3.61. The zero-order valence-electron chi connectivity index (χ0n) is 16.9. The lowest BCUT2D eigenvalue weighted by Gasteiger charge is -2.09. The molecule has 0 saturated heterocycles. The number of amides is 1. The molecule has 0 saturated carbocycles. The van der Waals surface area contributed by atoms with Crippen molar-refractivity contribution in [3.63, 3.8) is 0 Å². The first-order valence-electron chi connectivity index (χ1n) is 9.52. The van der Waals surface area contributed by atoms with E-state index in [9.17, 15) is 10.1 Å². The first-order chi connectivity index (χ1) is 14.5. The third-order valence-electron chi connectivity index (χ3n) is 4.81. The standard InChI is InChI=1S/C24H21N5O/c1-17-8-6-11-22(18(17)2)27-24(30)20(15-26)14-21-16-29(13-7-12-25)28-23(21)19-9-4-3-5-10-19/h3-6,8-11,14,16H,7,13H2,1-2H3,(H,27,30)/b20-14+. The molecular weight excluding hydrogens is 374 g/mol. The molecule has 0 aliphatic heterocycles. The van der Waals surface area contributed by atoms with Crippen molar-refractivity contribution in [3.8, 4) is 23.4 Å². The zero-order valence-corrected chi connectivity index (χ0v) is 16.9. The second-order valence-corrected chi connectivity index (χ2v) is 6.84. The van der Waals surface area contributed by atoms with E-state index in [0.717, 1.165) is 16.7 Å². The first-order valence-corrected chi connectivity index (χ1v) is 9.52. The molecule has 30 heavy (non-hydrogen) atoms. The van der Waals surface area contributed by atoms with E-state index in [2.05, 4.69) is 16.5 Å². The quantitative estimate of drug-likeness (QED) is 0.486. The molecule has 2 aromatic carbocycles. The highest BCUT2D eigenvalue weighted by atomic mass is 16.1. The molecule has 148 valence electrons. The fourth-order valence-corrected chi connectivity index (χ4v) is 3.02. The fourth-order valence-electron chi connectivity index (χ4n) is 3.02. The average molecular weight is 395 g/mol. The lowest BCUT2D eigenvalue weighted by Crippen LogP contribution is -2.14. The van der Waals surface area contributed by atoms with Crippen molar-refractivity contribution >= 4 is 17.7 Å². The summed E-state index contributed by atoms with van der Waals surface area (Å²) < 4.78 is 1.66. The Kier molecular flexibility index (Phi) is 6.42. The second-order valence-electron chi connectivity index (χ2n) is 6.84. The van der Waals surface area contributed by atoms with Gasteiger partial charge in [-0.3, -0.25) is 9.48 Å². The van der Waals surface area contributed by atoms with Gasteiger partial charge >= 0.3 is 0 Å². The Morgan fingerprint density at radius 1 is 1.13 bits per heavy atom. The van der Waals surface area contributed by atoms with Crippen LogP contribution in [0, 0.1) is 36.5 Å². The molecule has 1 amide bonds. The highest BCUT2D eigenvalue weighted by Gasteiger charge is 2.15. The van der Waals surface area contributed by atoms with Gasteiger partial charge in [0.1, 0.15) is 11.6 Å². The fraction of sp³-hybridized carbons (Fsp3) is 0.167. The number of benzene rings is 2. The van der Waals surface area contributed by atoms with Gasteiger partial charge in [0, 0.05) is 23.0 Å². The Labute approximate surface area is 175 Å². The van der Waals surface area contributed by atoms with Gasteiger partial charge in [0.15, 0.2) is 0 Å². The maximum absolute atomic E-state index is 12.8. The summed E-state index contributed by atoms with van der Waals surface area (Å²) in [5, 5.41) is 25.9. The topological polar surface area (TPSA) is 94.5 Å². The summed E-state index contributed by atoms with van der Waals surface area (Å²) in [7, 11) is 0. The van der Waals surface area contributed by atoms with Crippen molar-refractivity contribution in [2.24, 2.45) is 0 Å². The Morgan fingerprint density at radius 2 is 1.90 bits per heavy atom. The summed E-state index contributed by atoms with van der Waals surface area (Å²) in [6, 6.07) is 19.3. The number of nitrogens with zero attached hydrogens (tertiary/aromatic N) is 4. The van der Waals surface area contributed by atoms with Crippen molar-refractivity contribution in [2.45, 2.75) is 26.8 Å². The molecule has 1 heterocycles. The summed E-state index contributed by atoms with van der Waals surface area (Å²) in [4.78, 5) is 12.8. The second kappa shape index (κ2) is 9.36. The number of aromatic nitrogens is 2. The van der Waals surface area contributed by atoms with Crippen LogP contribution >= 0.6 is 0 Å². The molecule has 0 fully saturated rings. The molecule has 0 bridgehead atoms. The number of anilines is 1. The molecule has 0 unspecified atom stereocenters. The van der Waals surface area contributed by atoms with Gasteiger partial charge in [0.2, 0.25) is 0 Å². The van der Waals surface area contributed by atoms with E-state index in [-0.39, 0.29) is 5.57 Å². The normalized spacial score (nSPS) is 10.9. The van der Waals surface area contributed by atoms with Crippen LogP contribution in [-0.4, -0.2) is 15.7 Å². The van der Waals surface area contributed by atoms with E-state index in [1.807, 2.05) is 68.4 Å². The van der Waals surface area contributed by atoms with E-state index in [1.54, 1.807) is 17.0 Å². The van der Waals surface area contributed by atoms with Crippen LogP contribution in [0.15, 0.2) is 60.3 Å². The predicted molar refractivity (Wildman–Crippen MR) is 116 cm³/mol. The number of hydrogen-bond acceptors (Lipinski definition) is 4. The van der Waals surface area contributed by atoms with Crippen molar-refractivity contribution in [2.75, 3.05) is 5.32 Å². The van der Waals surface area contributed by atoms with Gasteiger partial charge in [-0.2, -0.15) is 15.6 Å². The largest absolute Gasteiger partial charge is 0.321 e.